The van der Waals surface area contributed by atoms with Gasteiger partial charge in [-0.2, -0.15) is 0 Å². The zero-order chi connectivity index (χ0) is 33.3. The van der Waals surface area contributed by atoms with Crippen molar-refractivity contribution in [2.75, 3.05) is 67.0 Å². The second-order valence-electron chi connectivity index (χ2n) is 13.2. The Morgan fingerprint density at radius 2 is 1.87 bits per heavy atom. The van der Waals surface area contributed by atoms with Crippen molar-refractivity contribution in [3.8, 4) is 5.75 Å². The molecular formula is C35H46N6O6. The summed E-state index contributed by atoms with van der Waals surface area (Å²) in [6.45, 7) is 5.41. The molecule has 3 aliphatic heterocycles. The highest BCUT2D eigenvalue weighted by Gasteiger charge is 2.59. The minimum Gasteiger partial charge on any atom is -0.497 e. The third kappa shape index (κ3) is 5.99. The third-order valence-corrected chi connectivity index (χ3v) is 10.3. The van der Waals surface area contributed by atoms with Crippen LogP contribution in [0, 0.1) is 11.8 Å². The molecule has 0 saturated carbocycles. The summed E-state index contributed by atoms with van der Waals surface area (Å²) in [7, 11) is 5.62. The topological polar surface area (TPSA) is 131 Å². The summed E-state index contributed by atoms with van der Waals surface area (Å²) in [5.74, 6) is -0.628. The van der Waals surface area contributed by atoms with Crippen LogP contribution in [0.1, 0.15) is 54.4 Å². The number of aromatic amines is 1. The number of nitrogens with one attached hydrogen (secondary N) is 2. The third-order valence-electron chi connectivity index (χ3n) is 10.3. The summed E-state index contributed by atoms with van der Waals surface area (Å²) in [5.41, 5.74) is 2.05. The maximum absolute atomic E-state index is 14.7. The SMILES string of the molecule is CC[C@]12c3[nH]c4ccc(OC)cc4c3CCN1C(=O)C(CC(=O)NCCCN(C)C)C[C@@H]2C(=O)N1CCN(C(=O)c2ccco2)CC1. The van der Waals surface area contributed by atoms with E-state index in [0.29, 0.717) is 52.1 Å². The Balaban J connectivity index is 1.30. The number of H-pyrrole nitrogens is 1. The van der Waals surface area contributed by atoms with E-state index in [1.807, 2.05) is 49.0 Å². The largest absolute Gasteiger partial charge is 0.497 e. The molecule has 2 saturated heterocycles. The minimum absolute atomic E-state index is 0.0447. The van der Waals surface area contributed by atoms with E-state index >= 15 is 0 Å². The van der Waals surface area contributed by atoms with Crippen LogP contribution in [0.25, 0.3) is 10.9 Å². The van der Waals surface area contributed by atoms with Gasteiger partial charge in [-0.1, -0.05) is 6.92 Å². The number of hydrogen-bond acceptors (Lipinski definition) is 7. The fourth-order valence-electron chi connectivity index (χ4n) is 7.93. The highest BCUT2D eigenvalue weighted by atomic mass is 16.5. The summed E-state index contributed by atoms with van der Waals surface area (Å²) >= 11 is 0. The first kappa shape index (κ1) is 32.6. The van der Waals surface area contributed by atoms with E-state index in [0.717, 1.165) is 40.9 Å². The lowest BCUT2D eigenvalue weighted by Crippen LogP contribution is -2.66. The molecule has 4 amide bonds. The molecule has 0 spiro atoms. The van der Waals surface area contributed by atoms with Crippen molar-refractivity contribution >= 4 is 34.5 Å². The molecule has 2 N–H and O–H groups in total. The van der Waals surface area contributed by atoms with Gasteiger partial charge >= 0.3 is 0 Å². The first-order chi connectivity index (χ1) is 22.7. The molecule has 5 heterocycles. The number of aromatic nitrogens is 1. The van der Waals surface area contributed by atoms with E-state index < -0.39 is 17.4 Å². The lowest BCUT2D eigenvalue weighted by Gasteiger charge is -2.56. The average Bonchev–Trinajstić information content (AvgIpc) is 3.76. The van der Waals surface area contributed by atoms with Crippen LogP contribution in [0.5, 0.6) is 5.75 Å². The quantitative estimate of drug-likeness (QED) is 0.324. The molecule has 6 rings (SSSR count). The Hall–Kier alpha value is -4.32. The van der Waals surface area contributed by atoms with Crippen LogP contribution in [-0.4, -0.2) is 115 Å². The Morgan fingerprint density at radius 1 is 1.11 bits per heavy atom. The molecule has 0 radical (unpaired) electrons. The first-order valence-corrected chi connectivity index (χ1v) is 16.7. The average molecular weight is 647 g/mol. The van der Waals surface area contributed by atoms with Crippen LogP contribution >= 0.6 is 0 Å². The molecule has 3 atom stereocenters. The predicted molar refractivity (Wildman–Crippen MR) is 176 cm³/mol. The molecule has 0 aliphatic carbocycles. The summed E-state index contributed by atoms with van der Waals surface area (Å²) < 4.78 is 10.8. The van der Waals surface area contributed by atoms with E-state index in [-0.39, 0.29) is 42.2 Å². The van der Waals surface area contributed by atoms with Crippen LogP contribution in [0.4, 0.5) is 0 Å². The summed E-state index contributed by atoms with van der Waals surface area (Å²) in [6.07, 6.45) is 3.78. The molecule has 47 heavy (non-hydrogen) atoms. The fraction of sp³-hybridized carbons (Fsp3) is 0.543. The Bertz CT molecular complexity index is 1620. The van der Waals surface area contributed by atoms with Gasteiger partial charge in [0.15, 0.2) is 5.76 Å². The molecule has 252 valence electrons. The summed E-state index contributed by atoms with van der Waals surface area (Å²) in [4.78, 5) is 66.2. The molecule has 2 aromatic heterocycles. The molecule has 3 aromatic rings. The van der Waals surface area contributed by atoms with Gasteiger partial charge in [0.05, 0.1) is 24.8 Å². The van der Waals surface area contributed by atoms with Crippen molar-refractivity contribution in [3.05, 3.63) is 53.6 Å². The van der Waals surface area contributed by atoms with Gasteiger partial charge in [-0.25, -0.2) is 0 Å². The van der Waals surface area contributed by atoms with Gasteiger partial charge < -0.3 is 39.1 Å². The van der Waals surface area contributed by atoms with Crippen molar-refractivity contribution in [3.63, 3.8) is 0 Å². The number of methoxy groups -OCH3 is 1. The zero-order valence-electron chi connectivity index (χ0n) is 27.8. The summed E-state index contributed by atoms with van der Waals surface area (Å²) in [5, 5.41) is 4.02. The second-order valence-corrected chi connectivity index (χ2v) is 13.2. The van der Waals surface area contributed by atoms with E-state index in [2.05, 4.69) is 15.2 Å². The highest BCUT2D eigenvalue weighted by molar-refractivity contribution is 5.94. The van der Waals surface area contributed by atoms with Crippen molar-refractivity contribution in [1.82, 2.24) is 29.9 Å². The molecule has 0 bridgehead atoms. The number of ether oxygens (including phenoxy) is 1. The van der Waals surface area contributed by atoms with E-state index in [1.54, 1.807) is 24.1 Å². The summed E-state index contributed by atoms with van der Waals surface area (Å²) in [6, 6.07) is 9.25. The lowest BCUT2D eigenvalue weighted by atomic mass is 9.65. The van der Waals surface area contributed by atoms with Gasteiger partial charge in [0.1, 0.15) is 5.75 Å². The zero-order valence-corrected chi connectivity index (χ0v) is 27.8. The van der Waals surface area contributed by atoms with Crippen molar-refractivity contribution in [2.24, 2.45) is 11.8 Å². The van der Waals surface area contributed by atoms with E-state index in [4.69, 9.17) is 9.15 Å². The smallest absolute Gasteiger partial charge is 0.289 e. The molecule has 1 unspecified atom stereocenters. The number of rotatable bonds is 10. The van der Waals surface area contributed by atoms with Gasteiger partial charge in [-0.3, -0.25) is 19.2 Å². The number of amides is 4. The van der Waals surface area contributed by atoms with Crippen LogP contribution in [0.2, 0.25) is 0 Å². The number of benzene rings is 1. The lowest BCUT2D eigenvalue weighted by molar-refractivity contribution is -0.167. The maximum Gasteiger partial charge on any atom is 0.289 e. The molecule has 1 aromatic carbocycles. The van der Waals surface area contributed by atoms with Crippen molar-refractivity contribution < 1.29 is 28.3 Å². The number of nitrogens with zero attached hydrogens (tertiary/aromatic N) is 4. The van der Waals surface area contributed by atoms with Gasteiger partial charge in [0.2, 0.25) is 17.7 Å². The van der Waals surface area contributed by atoms with Gasteiger partial charge in [0.25, 0.3) is 5.91 Å². The standard InChI is InChI=1S/C35H46N6O6/c1-5-35-27(33(44)39-15-17-40(18-16-39)34(45)29-8-6-19-47-29)20-23(21-30(42)36-12-7-13-38(2)3)32(43)41(35)14-11-25-26-22-24(46-4)9-10-28(26)37-31(25)35/h6,8-10,19,22-23,27,37H,5,7,11-18,20-21H2,1-4H3,(H,36,42)/t23?,27-,35+/m1/s1. The monoisotopic (exact) mass is 646 g/mol. The van der Waals surface area contributed by atoms with Crippen LogP contribution in [-0.2, 0) is 26.3 Å². The molecule has 12 heteroatoms. The number of piperazine rings is 1. The number of hydrogen-bond donors (Lipinski definition) is 2. The Morgan fingerprint density at radius 3 is 2.55 bits per heavy atom. The predicted octanol–water partition coefficient (Wildman–Crippen LogP) is 2.84. The van der Waals surface area contributed by atoms with Crippen LogP contribution < -0.4 is 10.1 Å². The van der Waals surface area contributed by atoms with Gasteiger partial charge in [-0.05, 0) is 82.2 Å². The molecule has 12 nitrogen and oxygen atoms in total. The number of carbonyl (C=O) groups is 4. The van der Waals surface area contributed by atoms with Gasteiger partial charge in [-0.15, -0.1) is 0 Å². The van der Waals surface area contributed by atoms with Crippen LogP contribution in [0.3, 0.4) is 0 Å². The number of piperidine rings is 1. The molecule has 3 aliphatic rings. The molecular weight excluding hydrogens is 600 g/mol. The van der Waals surface area contributed by atoms with Crippen LogP contribution in [0.15, 0.2) is 41.0 Å². The second kappa shape index (κ2) is 13.4. The number of fused-ring (bicyclic) bond motifs is 5. The van der Waals surface area contributed by atoms with Crippen molar-refractivity contribution in [2.45, 2.75) is 44.6 Å². The number of furan rings is 1. The minimum atomic E-state index is -0.895. The van der Waals surface area contributed by atoms with Crippen molar-refractivity contribution in [1.29, 1.82) is 0 Å². The Kier molecular flexibility index (Phi) is 9.32. The van der Waals surface area contributed by atoms with E-state index in [9.17, 15) is 19.2 Å². The van der Waals surface area contributed by atoms with Gasteiger partial charge in [0, 0.05) is 68.2 Å². The Labute approximate surface area is 275 Å². The normalized spacial score (nSPS) is 22.7. The first-order valence-electron chi connectivity index (χ1n) is 16.7. The maximum atomic E-state index is 14.7. The van der Waals surface area contributed by atoms with E-state index in [1.165, 1.54) is 6.26 Å². The highest BCUT2D eigenvalue weighted by Crippen LogP contribution is 2.52. The fourth-order valence-corrected chi connectivity index (χ4v) is 7.93. The number of carbonyl (C=O) groups excluding carboxylic acids is 4. The molecule has 2 fully saturated rings.